The average Bonchev–Trinajstić information content (AvgIpc) is 2.22. The molecule has 0 bridgehead atoms. The van der Waals surface area contributed by atoms with Crippen molar-refractivity contribution >= 4 is 21.6 Å². The molecule has 0 aliphatic carbocycles. The molecule has 110 valence electrons. The van der Waals surface area contributed by atoms with Gasteiger partial charge in [-0.15, -0.1) is 0 Å². The van der Waals surface area contributed by atoms with Crippen molar-refractivity contribution in [3.63, 3.8) is 0 Å². The second-order valence-corrected chi connectivity index (χ2v) is 9.11. The molecule has 0 aliphatic rings. The van der Waals surface area contributed by atoms with Crippen molar-refractivity contribution in [2.75, 3.05) is 65.9 Å². The first kappa shape index (κ1) is 18.6. The fraction of sp³-hybridized carbons (Fsp3) is 1.00. The first-order valence-corrected chi connectivity index (χ1v) is 9.70. The van der Waals surface area contributed by atoms with E-state index < -0.39 is 0 Å². The van der Waals surface area contributed by atoms with Crippen LogP contribution in [0.25, 0.3) is 0 Å². The first-order valence-electron chi connectivity index (χ1n) is 7.21. The Hall–Kier alpha value is 0.620. The van der Waals surface area contributed by atoms with Crippen LogP contribution < -0.4 is 0 Å². The fourth-order valence-electron chi connectivity index (χ4n) is 2.12. The molecule has 0 aromatic rings. The third kappa shape index (κ3) is 10.5. The molecule has 0 unspecified atom stereocenters. The topological polar surface area (TPSA) is 0 Å². The van der Waals surface area contributed by atoms with Gasteiger partial charge in [0.1, 0.15) is 0 Å². The van der Waals surface area contributed by atoms with Gasteiger partial charge in [0.15, 0.2) is 0 Å². The summed E-state index contributed by atoms with van der Waals surface area (Å²) >= 11 is 0. The monoisotopic (exact) mass is 294 g/mol. The van der Waals surface area contributed by atoms with E-state index in [0.717, 1.165) is 0 Å². The fourth-order valence-corrected chi connectivity index (χ4v) is 4.65. The third-order valence-corrected chi connectivity index (χ3v) is 5.67. The van der Waals surface area contributed by atoms with Crippen LogP contribution >= 0.6 is 21.6 Å². The number of hydrogen-bond acceptors (Lipinski definition) is 2. The van der Waals surface area contributed by atoms with Gasteiger partial charge in [-0.05, 0) is 12.8 Å². The minimum Gasteiger partial charge on any atom is -0.328 e. The minimum atomic E-state index is 1.17. The summed E-state index contributed by atoms with van der Waals surface area (Å²) in [6, 6.07) is 0. The maximum atomic E-state index is 2.34. The van der Waals surface area contributed by atoms with Crippen molar-refractivity contribution in [1.82, 2.24) is 0 Å². The average molecular weight is 295 g/mol. The van der Waals surface area contributed by atoms with Crippen LogP contribution in [0.4, 0.5) is 0 Å². The Morgan fingerprint density at radius 3 is 1.22 bits per heavy atom. The highest BCUT2D eigenvalue weighted by atomic mass is 33.1. The molecule has 0 atom stereocenters. The Bertz CT molecular complexity index is 184. The van der Waals surface area contributed by atoms with E-state index in [2.05, 4.69) is 63.6 Å². The van der Waals surface area contributed by atoms with Crippen LogP contribution in [0.5, 0.6) is 0 Å². The molecule has 0 spiro atoms. The lowest BCUT2D eigenvalue weighted by molar-refractivity contribution is -0.887. The Morgan fingerprint density at radius 2 is 0.944 bits per heavy atom. The molecule has 0 rings (SSSR count). The summed E-state index contributed by atoms with van der Waals surface area (Å²) in [5, 5.41) is 0. The van der Waals surface area contributed by atoms with Gasteiger partial charge < -0.3 is 8.97 Å². The summed E-state index contributed by atoms with van der Waals surface area (Å²) in [5.41, 5.74) is 0. The van der Waals surface area contributed by atoms with Gasteiger partial charge >= 0.3 is 0 Å². The van der Waals surface area contributed by atoms with E-state index in [1.807, 2.05) is 0 Å². The molecule has 0 saturated carbocycles. The number of hydrogen-bond donors (Lipinski definition) is 0. The second-order valence-electron chi connectivity index (χ2n) is 6.41. The molecule has 2 nitrogen and oxygen atoms in total. The van der Waals surface area contributed by atoms with Gasteiger partial charge in [-0.1, -0.05) is 35.4 Å². The number of quaternary nitrogens is 2. The Labute approximate surface area is 123 Å². The van der Waals surface area contributed by atoms with Gasteiger partial charge in [-0.3, -0.25) is 0 Å². The highest BCUT2D eigenvalue weighted by molar-refractivity contribution is 8.76. The molecule has 0 aromatic heterocycles. The van der Waals surface area contributed by atoms with E-state index in [1.54, 1.807) is 0 Å². The zero-order chi connectivity index (χ0) is 14.1. The largest absolute Gasteiger partial charge is 0.328 e. The van der Waals surface area contributed by atoms with Crippen molar-refractivity contribution in [1.29, 1.82) is 0 Å². The molecular formula is C14H34N2S2+2. The Kier molecular flexibility index (Phi) is 9.84. The van der Waals surface area contributed by atoms with Crippen molar-refractivity contribution in [3.8, 4) is 0 Å². The first-order chi connectivity index (χ1) is 8.33. The summed E-state index contributed by atoms with van der Waals surface area (Å²) in [7, 11) is 13.5. The van der Waals surface area contributed by atoms with Crippen LogP contribution in [0.2, 0.25) is 0 Å². The van der Waals surface area contributed by atoms with Crippen molar-refractivity contribution in [2.45, 2.75) is 26.7 Å². The molecule has 0 amide bonds. The Morgan fingerprint density at radius 1 is 0.611 bits per heavy atom. The quantitative estimate of drug-likeness (QED) is 0.326. The molecule has 18 heavy (non-hydrogen) atoms. The van der Waals surface area contributed by atoms with E-state index in [1.165, 1.54) is 59.5 Å². The maximum absolute atomic E-state index is 2.34. The summed E-state index contributed by atoms with van der Waals surface area (Å²) in [4.78, 5) is 0. The minimum absolute atomic E-state index is 1.17. The molecular weight excluding hydrogens is 260 g/mol. The maximum Gasteiger partial charge on any atom is 0.0882 e. The van der Waals surface area contributed by atoms with E-state index >= 15 is 0 Å². The zero-order valence-corrected chi connectivity index (χ0v) is 15.0. The van der Waals surface area contributed by atoms with Gasteiger partial charge in [0, 0.05) is 0 Å². The molecule has 0 radical (unpaired) electrons. The summed E-state index contributed by atoms with van der Waals surface area (Å²) in [6.07, 6.45) is 2.57. The van der Waals surface area contributed by atoms with Gasteiger partial charge in [-0.2, -0.15) is 0 Å². The molecule has 0 heterocycles. The highest BCUT2D eigenvalue weighted by Crippen LogP contribution is 2.22. The van der Waals surface area contributed by atoms with Crippen LogP contribution in [-0.4, -0.2) is 74.8 Å². The third-order valence-electron chi connectivity index (χ3n) is 3.30. The van der Waals surface area contributed by atoms with Crippen LogP contribution in [0.1, 0.15) is 26.7 Å². The van der Waals surface area contributed by atoms with Gasteiger partial charge in [0.05, 0.1) is 65.9 Å². The number of nitrogens with zero attached hydrogens (tertiary/aromatic N) is 2. The predicted octanol–water partition coefficient (Wildman–Crippen LogP) is 3.34. The standard InChI is InChI=1S/C14H34N2S2/c1-7-9-15(3,4)11-13-17-18-14-12-16(5,6)10-8-2/h7-14H2,1-6H3/q+2. The van der Waals surface area contributed by atoms with E-state index in [4.69, 9.17) is 0 Å². The lowest BCUT2D eigenvalue weighted by Crippen LogP contribution is -2.42. The SMILES string of the molecule is CCC[N+](C)(C)CCSSCC[N+](C)(C)CCC. The van der Waals surface area contributed by atoms with Gasteiger partial charge in [0.2, 0.25) is 0 Å². The normalized spacial score (nSPS) is 13.0. The van der Waals surface area contributed by atoms with E-state index in [9.17, 15) is 0 Å². The van der Waals surface area contributed by atoms with Gasteiger partial charge in [-0.25, -0.2) is 0 Å². The van der Waals surface area contributed by atoms with Crippen LogP contribution in [0.3, 0.4) is 0 Å². The van der Waals surface area contributed by atoms with Crippen molar-refractivity contribution < 1.29 is 8.97 Å². The predicted molar refractivity (Wildman–Crippen MR) is 89.2 cm³/mol. The number of rotatable bonds is 11. The van der Waals surface area contributed by atoms with Crippen molar-refractivity contribution in [3.05, 3.63) is 0 Å². The molecule has 0 fully saturated rings. The lowest BCUT2D eigenvalue weighted by atomic mass is 10.4. The Balaban J connectivity index is 3.52. The summed E-state index contributed by atoms with van der Waals surface area (Å²) in [5.74, 6) is 2.55. The highest BCUT2D eigenvalue weighted by Gasteiger charge is 2.14. The van der Waals surface area contributed by atoms with E-state index in [0.29, 0.717) is 0 Å². The molecule has 0 aromatic carbocycles. The van der Waals surface area contributed by atoms with E-state index in [-0.39, 0.29) is 0 Å². The summed E-state index contributed by atoms with van der Waals surface area (Å²) < 4.78 is 2.34. The smallest absolute Gasteiger partial charge is 0.0882 e. The lowest BCUT2D eigenvalue weighted by Gasteiger charge is -2.30. The molecule has 0 N–H and O–H groups in total. The molecule has 0 aliphatic heterocycles. The van der Waals surface area contributed by atoms with Crippen molar-refractivity contribution in [2.24, 2.45) is 0 Å². The second kappa shape index (κ2) is 9.51. The molecule has 4 heteroatoms. The van der Waals surface area contributed by atoms with Gasteiger partial charge in [0.25, 0.3) is 0 Å². The van der Waals surface area contributed by atoms with Crippen LogP contribution in [0, 0.1) is 0 Å². The molecule has 0 saturated heterocycles. The van der Waals surface area contributed by atoms with Crippen LogP contribution in [-0.2, 0) is 0 Å². The summed E-state index contributed by atoms with van der Waals surface area (Å²) in [6.45, 7) is 9.72. The zero-order valence-electron chi connectivity index (χ0n) is 13.4. The van der Waals surface area contributed by atoms with Crippen LogP contribution in [0.15, 0.2) is 0 Å².